The molecule has 1 heterocycles. The lowest BCUT2D eigenvalue weighted by atomic mass is 9.96. The Balaban J connectivity index is 1.77. The summed E-state index contributed by atoms with van der Waals surface area (Å²) in [5.74, 6) is -1.05. The Morgan fingerprint density at radius 3 is 2.67 bits per heavy atom. The summed E-state index contributed by atoms with van der Waals surface area (Å²) in [6, 6.07) is 0. The van der Waals surface area contributed by atoms with Crippen molar-refractivity contribution in [3.8, 4) is 0 Å². The van der Waals surface area contributed by atoms with E-state index in [9.17, 15) is 9.59 Å². The van der Waals surface area contributed by atoms with Crippen molar-refractivity contribution in [3.05, 3.63) is 0 Å². The molecule has 5 heteroatoms. The van der Waals surface area contributed by atoms with Crippen LogP contribution in [0.5, 0.6) is 0 Å². The molecule has 1 aliphatic carbocycles. The molecule has 4 unspecified atom stereocenters. The number of hydrogen-bond acceptors (Lipinski definition) is 3. The standard InChI is InChI=1S/C13H21NO4/c1-8-5-6-11(18-8)12(15)14-7-9-3-2-4-10(9)13(16)17/h8-11H,2-7H2,1H3,(H,14,15)(H,16,17). The molecule has 2 aliphatic rings. The number of amides is 1. The van der Waals surface area contributed by atoms with E-state index in [-0.39, 0.29) is 30.0 Å². The van der Waals surface area contributed by atoms with Gasteiger partial charge in [-0.2, -0.15) is 0 Å². The maximum atomic E-state index is 11.8. The molecule has 2 N–H and O–H groups in total. The monoisotopic (exact) mass is 255 g/mol. The van der Waals surface area contributed by atoms with Gasteiger partial charge in [-0.1, -0.05) is 6.42 Å². The Kier molecular flexibility index (Phi) is 4.22. The van der Waals surface area contributed by atoms with Crippen LogP contribution in [-0.4, -0.2) is 35.7 Å². The molecule has 1 saturated heterocycles. The fourth-order valence-electron chi connectivity index (χ4n) is 2.95. The third kappa shape index (κ3) is 3.02. The molecular formula is C13H21NO4. The molecule has 102 valence electrons. The third-order valence-electron chi connectivity index (χ3n) is 4.04. The van der Waals surface area contributed by atoms with E-state index < -0.39 is 5.97 Å². The second-order valence-corrected chi connectivity index (χ2v) is 5.39. The zero-order valence-corrected chi connectivity index (χ0v) is 10.7. The lowest BCUT2D eigenvalue weighted by molar-refractivity contribution is -0.143. The highest BCUT2D eigenvalue weighted by Crippen LogP contribution is 2.31. The topological polar surface area (TPSA) is 75.6 Å². The Morgan fingerprint density at radius 1 is 1.28 bits per heavy atom. The number of carbonyl (C=O) groups excluding carboxylic acids is 1. The SMILES string of the molecule is CC1CCC(C(=O)NCC2CCCC2C(=O)O)O1. The predicted molar refractivity (Wildman–Crippen MR) is 65.0 cm³/mol. The van der Waals surface area contributed by atoms with Crippen LogP contribution in [0.15, 0.2) is 0 Å². The molecule has 4 atom stereocenters. The summed E-state index contributed by atoms with van der Waals surface area (Å²) in [4.78, 5) is 22.9. The summed E-state index contributed by atoms with van der Waals surface area (Å²) in [6.07, 6.45) is 4.04. The van der Waals surface area contributed by atoms with Gasteiger partial charge in [-0.3, -0.25) is 9.59 Å². The minimum atomic E-state index is -0.738. The van der Waals surface area contributed by atoms with Gasteiger partial charge in [0.05, 0.1) is 12.0 Å². The van der Waals surface area contributed by atoms with Crippen molar-refractivity contribution in [1.82, 2.24) is 5.32 Å². The van der Waals surface area contributed by atoms with Gasteiger partial charge in [-0.05, 0) is 38.5 Å². The molecular weight excluding hydrogens is 234 g/mol. The fourth-order valence-corrected chi connectivity index (χ4v) is 2.95. The number of carboxylic acid groups (broad SMARTS) is 1. The van der Waals surface area contributed by atoms with E-state index in [1.54, 1.807) is 0 Å². The molecule has 18 heavy (non-hydrogen) atoms. The predicted octanol–water partition coefficient (Wildman–Crippen LogP) is 1.17. The molecule has 1 amide bonds. The number of nitrogens with one attached hydrogen (secondary N) is 1. The van der Waals surface area contributed by atoms with E-state index in [1.165, 1.54) is 0 Å². The zero-order chi connectivity index (χ0) is 13.1. The van der Waals surface area contributed by atoms with Crippen molar-refractivity contribution in [3.63, 3.8) is 0 Å². The first-order valence-electron chi connectivity index (χ1n) is 6.74. The van der Waals surface area contributed by atoms with Crippen molar-refractivity contribution in [2.24, 2.45) is 11.8 Å². The van der Waals surface area contributed by atoms with Crippen molar-refractivity contribution in [2.75, 3.05) is 6.54 Å². The fraction of sp³-hybridized carbons (Fsp3) is 0.846. The quantitative estimate of drug-likeness (QED) is 0.790. The molecule has 0 bridgehead atoms. The van der Waals surface area contributed by atoms with Gasteiger partial charge in [0.25, 0.3) is 0 Å². The first-order valence-corrected chi connectivity index (χ1v) is 6.74. The number of carbonyl (C=O) groups is 2. The van der Waals surface area contributed by atoms with Gasteiger partial charge < -0.3 is 15.2 Å². The largest absolute Gasteiger partial charge is 0.481 e. The van der Waals surface area contributed by atoms with Gasteiger partial charge in [0.15, 0.2) is 0 Å². The minimum absolute atomic E-state index is 0.0743. The Hall–Kier alpha value is -1.10. The smallest absolute Gasteiger partial charge is 0.306 e. The average Bonchev–Trinajstić information content (AvgIpc) is 2.94. The van der Waals surface area contributed by atoms with E-state index in [0.717, 1.165) is 32.1 Å². The first-order chi connectivity index (χ1) is 8.58. The molecule has 0 aromatic carbocycles. The van der Waals surface area contributed by atoms with Crippen LogP contribution in [0, 0.1) is 11.8 Å². The second kappa shape index (κ2) is 5.69. The molecule has 1 saturated carbocycles. The van der Waals surface area contributed by atoms with Crippen LogP contribution in [0.3, 0.4) is 0 Å². The van der Waals surface area contributed by atoms with Crippen molar-refractivity contribution in [1.29, 1.82) is 0 Å². The molecule has 2 fully saturated rings. The van der Waals surface area contributed by atoms with Crippen molar-refractivity contribution in [2.45, 2.75) is 51.2 Å². The van der Waals surface area contributed by atoms with Crippen LogP contribution >= 0.6 is 0 Å². The van der Waals surface area contributed by atoms with Crippen molar-refractivity contribution >= 4 is 11.9 Å². The molecule has 0 spiro atoms. The summed E-state index contributed by atoms with van der Waals surface area (Å²) in [5, 5.41) is 11.9. The highest BCUT2D eigenvalue weighted by molar-refractivity contribution is 5.81. The van der Waals surface area contributed by atoms with Gasteiger partial charge in [-0.15, -0.1) is 0 Å². The van der Waals surface area contributed by atoms with E-state index in [2.05, 4.69) is 5.32 Å². The molecule has 5 nitrogen and oxygen atoms in total. The second-order valence-electron chi connectivity index (χ2n) is 5.39. The zero-order valence-electron chi connectivity index (χ0n) is 10.7. The maximum absolute atomic E-state index is 11.8. The van der Waals surface area contributed by atoms with Crippen LogP contribution in [0.25, 0.3) is 0 Å². The normalized spacial score (nSPS) is 35.6. The number of aliphatic carboxylic acids is 1. The van der Waals surface area contributed by atoms with E-state index in [4.69, 9.17) is 9.84 Å². The van der Waals surface area contributed by atoms with Crippen LogP contribution in [-0.2, 0) is 14.3 Å². The first kappa shape index (κ1) is 13.3. The summed E-state index contributed by atoms with van der Waals surface area (Å²) in [7, 11) is 0. The number of rotatable bonds is 4. The Bertz CT molecular complexity index is 331. The van der Waals surface area contributed by atoms with Gasteiger partial charge in [-0.25, -0.2) is 0 Å². The number of hydrogen-bond donors (Lipinski definition) is 2. The summed E-state index contributed by atoms with van der Waals surface area (Å²) in [5.41, 5.74) is 0. The highest BCUT2D eigenvalue weighted by Gasteiger charge is 2.34. The van der Waals surface area contributed by atoms with Gasteiger partial charge in [0.1, 0.15) is 6.10 Å². The highest BCUT2D eigenvalue weighted by atomic mass is 16.5. The van der Waals surface area contributed by atoms with Crippen LogP contribution < -0.4 is 5.32 Å². The van der Waals surface area contributed by atoms with Crippen LogP contribution in [0.1, 0.15) is 39.0 Å². The third-order valence-corrected chi connectivity index (χ3v) is 4.04. The summed E-state index contributed by atoms with van der Waals surface area (Å²) >= 11 is 0. The summed E-state index contributed by atoms with van der Waals surface area (Å²) < 4.78 is 5.48. The van der Waals surface area contributed by atoms with E-state index in [1.807, 2.05) is 6.92 Å². The maximum Gasteiger partial charge on any atom is 0.306 e. The van der Waals surface area contributed by atoms with Crippen LogP contribution in [0.4, 0.5) is 0 Å². The van der Waals surface area contributed by atoms with Crippen LogP contribution in [0.2, 0.25) is 0 Å². The Morgan fingerprint density at radius 2 is 2.06 bits per heavy atom. The number of ether oxygens (including phenoxy) is 1. The Labute approximate surface area is 107 Å². The lowest BCUT2D eigenvalue weighted by Gasteiger charge is -2.18. The molecule has 0 aromatic rings. The molecule has 0 radical (unpaired) electrons. The number of carboxylic acids is 1. The average molecular weight is 255 g/mol. The molecule has 2 rings (SSSR count). The van der Waals surface area contributed by atoms with Crippen molar-refractivity contribution < 1.29 is 19.4 Å². The van der Waals surface area contributed by atoms with Gasteiger partial charge >= 0.3 is 5.97 Å². The molecule has 1 aliphatic heterocycles. The van der Waals surface area contributed by atoms with E-state index >= 15 is 0 Å². The summed E-state index contributed by atoms with van der Waals surface area (Å²) in [6.45, 7) is 2.43. The minimum Gasteiger partial charge on any atom is -0.481 e. The van der Waals surface area contributed by atoms with Gasteiger partial charge in [0.2, 0.25) is 5.91 Å². The lowest BCUT2D eigenvalue weighted by Crippen LogP contribution is -2.39. The molecule has 0 aromatic heterocycles. The van der Waals surface area contributed by atoms with Gasteiger partial charge in [0, 0.05) is 6.54 Å². The van der Waals surface area contributed by atoms with E-state index in [0.29, 0.717) is 6.54 Å².